The highest BCUT2D eigenvalue weighted by atomic mass is 35.5. The number of aromatic nitrogens is 1. The van der Waals surface area contributed by atoms with Gasteiger partial charge in [0.1, 0.15) is 0 Å². The molecule has 0 aliphatic carbocycles. The second kappa shape index (κ2) is 4.31. The summed E-state index contributed by atoms with van der Waals surface area (Å²) in [5.41, 5.74) is 9.59. The van der Waals surface area contributed by atoms with Crippen molar-refractivity contribution in [3.05, 3.63) is 59.8 Å². The number of fused-ring (bicyclic) bond motifs is 1. The maximum atomic E-state index is 5.99. The molecule has 0 radical (unpaired) electrons. The van der Waals surface area contributed by atoms with Gasteiger partial charge in [-0.1, -0.05) is 35.9 Å². The minimum atomic E-state index is 0.644. The Balaban J connectivity index is 2.19. The van der Waals surface area contributed by atoms with E-state index in [1.54, 1.807) is 6.07 Å². The molecule has 0 saturated carbocycles. The summed E-state index contributed by atoms with van der Waals surface area (Å²) in [5, 5.41) is 1.74. The van der Waals surface area contributed by atoms with E-state index in [1.165, 1.54) is 0 Å². The Bertz CT molecular complexity index is 723. The summed E-state index contributed by atoms with van der Waals surface area (Å²) in [4.78, 5) is 4.43. The number of pyridine rings is 1. The van der Waals surface area contributed by atoms with E-state index in [0.29, 0.717) is 10.7 Å². The molecule has 88 valence electrons. The Hall–Kier alpha value is -2.06. The molecule has 1 heterocycles. The number of benzene rings is 2. The van der Waals surface area contributed by atoms with Crippen molar-refractivity contribution in [1.82, 2.24) is 4.98 Å². The van der Waals surface area contributed by atoms with Gasteiger partial charge in [0.05, 0.1) is 5.52 Å². The van der Waals surface area contributed by atoms with Crippen LogP contribution in [0.4, 0.5) is 5.69 Å². The third-order valence-electron chi connectivity index (χ3n) is 2.92. The van der Waals surface area contributed by atoms with E-state index in [1.807, 2.05) is 42.6 Å². The van der Waals surface area contributed by atoms with Crippen LogP contribution in [-0.2, 0) is 0 Å². The van der Waals surface area contributed by atoms with Crippen LogP contribution in [0.15, 0.2) is 54.7 Å². The van der Waals surface area contributed by atoms with Crippen LogP contribution >= 0.6 is 11.6 Å². The van der Waals surface area contributed by atoms with E-state index < -0.39 is 0 Å². The lowest BCUT2D eigenvalue weighted by Crippen LogP contribution is -1.90. The summed E-state index contributed by atoms with van der Waals surface area (Å²) in [7, 11) is 0. The van der Waals surface area contributed by atoms with Crippen molar-refractivity contribution in [2.45, 2.75) is 0 Å². The highest BCUT2D eigenvalue weighted by molar-refractivity contribution is 6.31. The van der Waals surface area contributed by atoms with Crippen LogP contribution in [0.3, 0.4) is 0 Å². The van der Waals surface area contributed by atoms with Crippen molar-refractivity contribution in [1.29, 1.82) is 0 Å². The molecule has 18 heavy (non-hydrogen) atoms. The fourth-order valence-electron chi connectivity index (χ4n) is 2.01. The predicted octanol–water partition coefficient (Wildman–Crippen LogP) is 4.14. The molecule has 0 bridgehead atoms. The standard InChI is InChI=1S/C15H11ClN2/c16-12-5-6-13(14(17)8-12)11-7-10-3-1-2-4-15(10)18-9-11/h1-9H,17H2. The molecular formula is C15H11ClN2. The molecule has 0 saturated heterocycles. The number of hydrogen-bond acceptors (Lipinski definition) is 2. The van der Waals surface area contributed by atoms with Gasteiger partial charge in [0.25, 0.3) is 0 Å². The monoisotopic (exact) mass is 254 g/mol. The highest BCUT2D eigenvalue weighted by Crippen LogP contribution is 2.29. The van der Waals surface area contributed by atoms with Crippen LogP contribution < -0.4 is 5.73 Å². The van der Waals surface area contributed by atoms with Gasteiger partial charge in [0.15, 0.2) is 0 Å². The van der Waals surface area contributed by atoms with Gasteiger partial charge in [-0.05, 0) is 24.3 Å². The lowest BCUT2D eigenvalue weighted by molar-refractivity contribution is 1.41. The molecule has 0 aliphatic heterocycles. The van der Waals surface area contributed by atoms with Crippen LogP contribution in [0.2, 0.25) is 5.02 Å². The highest BCUT2D eigenvalue weighted by Gasteiger charge is 2.04. The van der Waals surface area contributed by atoms with Crippen LogP contribution in [-0.4, -0.2) is 4.98 Å². The lowest BCUT2D eigenvalue weighted by atomic mass is 10.0. The number of hydrogen-bond donors (Lipinski definition) is 1. The number of halogens is 1. The van der Waals surface area contributed by atoms with E-state index in [-0.39, 0.29) is 0 Å². The van der Waals surface area contributed by atoms with E-state index >= 15 is 0 Å². The van der Waals surface area contributed by atoms with Gasteiger partial charge in [-0.3, -0.25) is 4.98 Å². The van der Waals surface area contributed by atoms with Crippen LogP contribution in [0.25, 0.3) is 22.0 Å². The fourth-order valence-corrected chi connectivity index (χ4v) is 2.20. The number of nitrogens with zero attached hydrogens (tertiary/aromatic N) is 1. The first-order valence-corrected chi connectivity index (χ1v) is 6.02. The van der Waals surface area contributed by atoms with Crippen LogP contribution in [0.5, 0.6) is 0 Å². The van der Waals surface area contributed by atoms with Gasteiger partial charge in [-0.15, -0.1) is 0 Å². The first kappa shape index (κ1) is 11.1. The van der Waals surface area contributed by atoms with Crippen molar-refractivity contribution in [3.63, 3.8) is 0 Å². The summed E-state index contributed by atoms with van der Waals surface area (Å²) >= 11 is 5.90. The van der Waals surface area contributed by atoms with Gasteiger partial charge >= 0.3 is 0 Å². The molecule has 2 aromatic carbocycles. The normalized spacial score (nSPS) is 10.7. The van der Waals surface area contributed by atoms with E-state index in [2.05, 4.69) is 11.1 Å². The molecule has 2 nitrogen and oxygen atoms in total. The van der Waals surface area contributed by atoms with Gasteiger partial charge in [-0.25, -0.2) is 0 Å². The van der Waals surface area contributed by atoms with E-state index in [0.717, 1.165) is 22.0 Å². The molecule has 3 heteroatoms. The summed E-state index contributed by atoms with van der Waals surface area (Å²) in [6.07, 6.45) is 1.84. The molecule has 0 fully saturated rings. The van der Waals surface area contributed by atoms with E-state index in [9.17, 15) is 0 Å². The Morgan fingerprint density at radius 1 is 1.00 bits per heavy atom. The van der Waals surface area contributed by atoms with Crippen molar-refractivity contribution >= 4 is 28.2 Å². The largest absolute Gasteiger partial charge is 0.398 e. The molecule has 0 aliphatic rings. The van der Waals surface area contributed by atoms with E-state index in [4.69, 9.17) is 17.3 Å². The van der Waals surface area contributed by atoms with Crippen molar-refractivity contribution in [3.8, 4) is 11.1 Å². The second-order valence-corrected chi connectivity index (χ2v) is 4.58. The quantitative estimate of drug-likeness (QED) is 0.663. The zero-order chi connectivity index (χ0) is 12.5. The van der Waals surface area contributed by atoms with Crippen LogP contribution in [0, 0.1) is 0 Å². The van der Waals surface area contributed by atoms with Crippen molar-refractivity contribution in [2.24, 2.45) is 0 Å². The number of rotatable bonds is 1. The first-order chi connectivity index (χ1) is 8.74. The Labute approximate surface area is 110 Å². The van der Waals surface area contributed by atoms with Crippen molar-refractivity contribution < 1.29 is 0 Å². The van der Waals surface area contributed by atoms with Gasteiger partial charge in [0, 0.05) is 33.4 Å². The minimum Gasteiger partial charge on any atom is -0.398 e. The topological polar surface area (TPSA) is 38.9 Å². The van der Waals surface area contributed by atoms with Gasteiger partial charge in [0.2, 0.25) is 0 Å². The smallest absolute Gasteiger partial charge is 0.0702 e. The molecule has 3 rings (SSSR count). The summed E-state index contributed by atoms with van der Waals surface area (Å²) in [5.74, 6) is 0. The molecule has 2 N–H and O–H groups in total. The molecule has 0 atom stereocenters. The molecular weight excluding hydrogens is 244 g/mol. The molecule has 1 aromatic heterocycles. The zero-order valence-electron chi connectivity index (χ0n) is 9.60. The summed E-state index contributed by atoms with van der Waals surface area (Å²) in [6.45, 7) is 0. The Kier molecular flexibility index (Phi) is 2.65. The zero-order valence-corrected chi connectivity index (χ0v) is 10.4. The summed E-state index contributed by atoms with van der Waals surface area (Å²) in [6, 6.07) is 15.6. The average Bonchev–Trinajstić information content (AvgIpc) is 2.38. The summed E-state index contributed by atoms with van der Waals surface area (Å²) < 4.78 is 0. The predicted molar refractivity (Wildman–Crippen MR) is 76.6 cm³/mol. The fraction of sp³-hybridized carbons (Fsp3) is 0. The Morgan fingerprint density at radius 2 is 1.83 bits per heavy atom. The minimum absolute atomic E-state index is 0.644. The molecule has 0 unspecified atom stereocenters. The van der Waals surface area contributed by atoms with Gasteiger partial charge < -0.3 is 5.73 Å². The third-order valence-corrected chi connectivity index (χ3v) is 3.15. The second-order valence-electron chi connectivity index (χ2n) is 4.15. The molecule has 3 aromatic rings. The number of nitrogens with two attached hydrogens (primary N) is 1. The third kappa shape index (κ3) is 1.91. The Morgan fingerprint density at radius 3 is 2.67 bits per heavy atom. The molecule has 0 spiro atoms. The first-order valence-electron chi connectivity index (χ1n) is 5.64. The SMILES string of the molecule is Nc1cc(Cl)ccc1-c1cnc2ccccc2c1. The molecule has 0 amide bonds. The number of anilines is 1. The van der Waals surface area contributed by atoms with Crippen molar-refractivity contribution in [2.75, 3.05) is 5.73 Å². The maximum Gasteiger partial charge on any atom is 0.0702 e. The van der Waals surface area contributed by atoms with Gasteiger partial charge in [-0.2, -0.15) is 0 Å². The number of nitrogen functional groups attached to an aromatic ring is 1. The number of para-hydroxylation sites is 1. The average molecular weight is 255 g/mol. The maximum absolute atomic E-state index is 5.99. The lowest BCUT2D eigenvalue weighted by Gasteiger charge is -2.07. The van der Waals surface area contributed by atoms with Crippen LogP contribution in [0.1, 0.15) is 0 Å².